The average Bonchev–Trinajstić information content (AvgIpc) is 2.52. The summed E-state index contributed by atoms with van der Waals surface area (Å²) in [6, 6.07) is 9.53. The predicted octanol–water partition coefficient (Wildman–Crippen LogP) is 1.57. The van der Waals surface area contributed by atoms with Crippen LogP contribution in [0.1, 0.15) is 5.56 Å². The Morgan fingerprint density at radius 3 is 2.90 bits per heavy atom. The summed E-state index contributed by atoms with van der Waals surface area (Å²) in [4.78, 5) is 19.5. The third kappa shape index (κ3) is 3.79. The Hall–Kier alpha value is -2.89. The summed E-state index contributed by atoms with van der Waals surface area (Å²) in [5, 5.41) is 5.68. The maximum absolute atomic E-state index is 11.2. The number of hydrogen-bond acceptors (Lipinski definition) is 5. The van der Waals surface area contributed by atoms with Gasteiger partial charge in [-0.25, -0.2) is 4.98 Å². The van der Waals surface area contributed by atoms with Crippen molar-refractivity contribution in [1.29, 1.82) is 0 Å². The van der Waals surface area contributed by atoms with Gasteiger partial charge in [0, 0.05) is 25.2 Å². The lowest BCUT2D eigenvalue weighted by Crippen LogP contribution is -2.19. The molecular weight excluding hydrogens is 266 g/mol. The zero-order valence-corrected chi connectivity index (χ0v) is 11.8. The number of nitrogen functional groups attached to an aromatic ring is 1. The van der Waals surface area contributed by atoms with Crippen LogP contribution in [0, 0.1) is 0 Å². The number of nitrogens with one attached hydrogen (secondary N) is 2. The van der Waals surface area contributed by atoms with Crippen molar-refractivity contribution in [2.45, 2.75) is 6.54 Å². The lowest BCUT2D eigenvalue weighted by atomic mass is 10.1. The van der Waals surface area contributed by atoms with Gasteiger partial charge in [0.25, 0.3) is 0 Å². The van der Waals surface area contributed by atoms with Crippen molar-refractivity contribution in [2.24, 2.45) is 0 Å². The molecule has 0 fully saturated rings. The first-order valence-corrected chi connectivity index (χ1v) is 6.44. The molecule has 0 unspecified atom stereocenters. The highest BCUT2D eigenvalue weighted by atomic mass is 16.1. The van der Waals surface area contributed by atoms with Gasteiger partial charge in [-0.2, -0.15) is 4.98 Å². The van der Waals surface area contributed by atoms with Crippen LogP contribution >= 0.6 is 0 Å². The van der Waals surface area contributed by atoms with Crippen LogP contribution in [0.4, 0.5) is 11.8 Å². The lowest BCUT2D eigenvalue weighted by Gasteiger charge is -2.08. The maximum atomic E-state index is 11.2. The monoisotopic (exact) mass is 283 g/mol. The molecule has 0 spiro atoms. The third-order valence-electron chi connectivity index (χ3n) is 2.87. The van der Waals surface area contributed by atoms with Crippen molar-refractivity contribution in [3.8, 4) is 11.3 Å². The Labute approximate surface area is 123 Å². The van der Waals surface area contributed by atoms with Gasteiger partial charge in [0.15, 0.2) is 0 Å². The van der Waals surface area contributed by atoms with Gasteiger partial charge in [-0.3, -0.25) is 4.79 Å². The zero-order valence-electron chi connectivity index (χ0n) is 11.8. The van der Waals surface area contributed by atoms with Crippen LogP contribution in [0.2, 0.25) is 0 Å². The highest BCUT2D eigenvalue weighted by molar-refractivity contribution is 5.86. The second kappa shape index (κ2) is 6.51. The molecule has 0 bridgehead atoms. The highest BCUT2D eigenvalue weighted by Gasteiger charge is 2.05. The predicted molar refractivity (Wildman–Crippen MR) is 83.5 cm³/mol. The fraction of sp³-hybridized carbons (Fsp3) is 0.133. The molecule has 1 amide bonds. The van der Waals surface area contributed by atoms with E-state index in [2.05, 4.69) is 27.2 Å². The number of aromatic nitrogens is 2. The molecule has 0 atom stereocenters. The van der Waals surface area contributed by atoms with Gasteiger partial charge >= 0.3 is 0 Å². The molecule has 0 radical (unpaired) electrons. The van der Waals surface area contributed by atoms with E-state index in [9.17, 15) is 4.79 Å². The maximum Gasteiger partial charge on any atom is 0.243 e. The summed E-state index contributed by atoms with van der Waals surface area (Å²) >= 11 is 0. The van der Waals surface area contributed by atoms with Crippen LogP contribution in [0.25, 0.3) is 11.3 Å². The quantitative estimate of drug-likeness (QED) is 0.724. The second-order valence-electron chi connectivity index (χ2n) is 4.37. The van der Waals surface area contributed by atoms with Crippen LogP contribution in [0.15, 0.2) is 43.0 Å². The minimum absolute atomic E-state index is 0.204. The van der Waals surface area contributed by atoms with Crippen molar-refractivity contribution < 1.29 is 4.79 Å². The molecule has 108 valence electrons. The Kier molecular flexibility index (Phi) is 4.50. The summed E-state index contributed by atoms with van der Waals surface area (Å²) in [5.41, 5.74) is 8.29. The van der Waals surface area contributed by atoms with Crippen molar-refractivity contribution in [1.82, 2.24) is 15.3 Å². The van der Waals surface area contributed by atoms with Gasteiger partial charge in [0.1, 0.15) is 5.82 Å². The Morgan fingerprint density at radius 2 is 2.19 bits per heavy atom. The molecule has 0 aliphatic carbocycles. The van der Waals surface area contributed by atoms with E-state index >= 15 is 0 Å². The van der Waals surface area contributed by atoms with Crippen molar-refractivity contribution in [3.05, 3.63) is 48.6 Å². The molecule has 1 aromatic heterocycles. The number of nitrogens with two attached hydrogens (primary N) is 1. The standard InChI is InChI=1S/C15H17N5O/c1-3-14(21)18-9-10-5-4-6-11(7-10)12-8-13(17-2)20-15(16)19-12/h3-8H,1,9H2,2H3,(H,18,21)(H3,16,17,19,20). The van der Waals surface area contributed by atoms with Crippen molar-refractivity contribution in [2.75, 3.05) is 18.1 Å². The van der Waals surface area contributed by atoms with Crippen molar-refractivity contribution in [3.63, 3.8) is 0 Å². The Morgan fingerprint density at radius 1 is 1.38 bits per heavy atom. The topological polar surface area (TPSA) is 92.9 Å². The largest absolute Gasteiger partial charge is 0.373 e. The molecule has 6 heteroatoms. The molecule has 4 N–H and O–H groups in total. The van der Waals surface area contributed by atoms with E-state index in [4.69, 9.17) is 5.73 Å². The number of carbonyl (C=O) groups is 1. The van der Waals surface area contributed by atoms with E-state index < -0.39 is 0 Å². The normalized spacial score (nSPS) is 9.95. The first-order chi connectivity index (χ1) is 10.1. The van der Waals surface area contributed by atoms with Gasteiger partial charge in [-0.05, 0) is 17.7 Å². The van der Waals surface area contributed by atoms with Gasteiger partial charge in [-0.1, -0.05) is 24.8 Å². The molecule has 0 saturated carbocycles. The molecule has 1 aromatic carbocycles. The van der Waals surface area contributed by atoms with Gasteiger partial charge in [0.05, 0.1) is 5.69 Å². The molecule has 0 aliphatic rings. The number of rotatable bonds is 5. The van der Waals surface area contributed by atoms with E-state index in [0.717, 1.165) is 16.8 Å². The van der Waals surface area contributed by atoms with Crippen LogP contribution in [-0.2, 0) is 11.3 Å². The van der Waals surface area contributed by atoms with Crippen LogP contribution in [0.3, 0.4) is 0 Å². The summed E-state index contributed by atoms with van der Waals surface area (Å²) in [7, 11) is 1.77. The Bertz CT molecular complexity index is 669. The smallest absolute Gasteiger partial charge is 0.243 e. The number of anilines is 2. The minimum Gasteiger partial charge on any atom is -0.373 e. The van der Waals surface area contributed by atoms with Crippen LogP contribution < -0.4 is 16.4 Å². The number of hydrogen-bond donors (Lipinski definition) is 3. The van der Waals surface area contributed by atoms with Gasteiger partial charge in [0.2, 0.25) is 11.9 Å². The molecule has 2 aromatic rings. The Balaban J connectivity index is 2.26. The molecule has 1 heterocycles. The zero-order chi connectivity index (χ0) is 15.2. The SMILES string of the molecule is C=CC(=O)NCc1cccc(-c2cc(NC)nc(N)n2)c1. The molecule has 2 rings (SSSR count). The average molecular weight is 283 g/mol. The molecule has 21 heavy (non-hydrogen) atoms. The number of benzene rings is 1. The number of amides is 1. The van der Waals surface area contributed by atoms with E-state index in [-0.39, 0.29) is 11.9 Å². The van der Waals surface area contributed by atoms with E-state index in [1.165, 1.54) is 6.08 Å². The molecular formula is C15H17N5O. The van der Waals surface area contributed by atoms with Gasteiger partial charge < -0.3 is 16.4 Å². The summed E-state index contributed by atoms with van der Waals surface area (Å²) in [5.74, 6) is 0.661. The summed E-state index contributed by atoms with van der Waals surface area (Å²) in [6.07, 6.45) is 1.24. The van der Waals surface area contributed by atoms with Gasteiger partial charge in [-0.15, -0.1) is 0 Å². The van der Waals surface area contributed by atoms with Crippen LogP contribution in [0.5, 0.6) is 0 Å². The highest BCUT2D eigenvalue weighted by Crippen LogP contribution is 2.21. The fourth-order valence-corrected chi connectivity index (χ4v) is 1.84. The molecule has 0 saturated heterocycles. The minimum atomic E-state index is -0.204. The molecule has 6 nitrogen and oxygen atoms in total. The first-order valence-electron chi connectivity index (χ1n) is 6.44. The van der Waals surface area contributed by atoms with Crippen molar-refractivity contribution >= 4 is 17.7 Å². The first kappa shape index (κ1) is 14.5. The summed E-state index contributed by atoms with van der Waals surface area (Å²) < 4.78 is 0. The van der Waals surface area contributed by atoms with E-state index in [1.54, 1.807) is 7.05 Å². The number of nitrogens with zero attached hydrogens (tertiary/aromatic N) is 2. The van der Waals surface area contributed by atoms with E-state index in [1.807, 2.05) is 30.3 Å². The number of carbonyl (C=O) groups excluding carboxylic acids is 1. The third-order valence-corrected chi connectivity index (χ3v) is 2.87. The van der Waals surface area contributed by atoms with E-state index in [0.29, 0.717) is 12.4 Å². The fourth-order valence-electron chi connectivity index (χ4n) is 1.84. The lowest BCUT2D eigenvalue weighted by molar-refractivity contribution is -0.116. The molecule has 0 aliphatic heterocycles. The van der Waals surface area contributed by atoms with Crippen LogP contribution in [-0.4, -0.2) is 22.9 Å². The summed E-state index contributed by atoms with van der Waals surface area (Å²) in [6.45, 7) is 3.85. The second-order valence-corrected chi connectivity index (χ2v) is 4.37.